The fourth-order valence-corrected chi connectivity index (χ4v) is 2.46. The van der Waals surface area contributed by atoms with Gasteiger partial charge in [-0.2, -0.15) is 0 Å². The molecule has 0 amide bonds. The Bertz CT molecular complexity index is 673. The van der Waals surface area contributed by atoms with E-state index in [1.807, 2.05) is 24.9 Å². The number of rotatable bonds is 4. The van der Waals surface area contributed by atoms with Crippen LogP contribution in [0.1, 0.15) is 11.4 Å². The number of pyridine rings is 1. The van der Waals surface area contributed by atoms with E-state index in [-0.39, 0.29) is 5.69 Å². The molecule has 2 aromatic heterocycles. The molecule has 2 aromatic rings. The third-order valence-corrected chi connectivity index (χ3v) is 3.88. The lowest BCUT2D eigenvalue weighted by molar-refractivity contribution is 0.192. The Kier molecular flexibility index (Phi) is 3.98. The zero-order valence-electron chi connectivity index (χ0n) is 12.5. The van der Waals surface area contributed by atoms with Gasteiger partial charge in [-0.3, -0.25) is 9.88 Å². The van der Waals surface area contributed by atoms with E-state index >= 15 is 0 Å². The Morgan fingerprint density at radius 3 is 2.68 bits per heavy atom. The minimum atomic E-state index is -0.655. The van der Waals surface area contributed by atoms with Gasteiger partial charge in [0.1, 0.15) is 23.8 Å². The van der Waals surface area contributed by atoms with E-state index in [0.29, 0.717) is 12.6 Å². The molecule has 7 heteroatoms. The molecule has 5 nitrogen and oxygen atoms in total. The zero-order valence-corrected chi connectivity index (χ0v) is 12.5. The van der Waals surface area contributed by atoms with Crippen molar-refractivity contribution in [3.05, 3.63) is 47.7 Å². The first kappa shape index (κ1) is 14.8. The molecule has 0 saturated carbocycles. The van der Waals surface area contributed by atoms with Crippen LogP contribution in [0.25, 0.3) is 0 Å². The van der Waals surface area contributed by atoms with Crippen molar-refractivity contribution >= 4 is 5.82 Å². The van der Waals surface area contributed by atoms with E-state index in [0.717, 1.165) is 36.9 Å². The summed E-state index contributed by atoms with van der Waals surface area (Å²) in [5.74, 6) is -0.351. The van der Waals surface area contributed by atoms with Crippen LogP contribution in [-0.2, 0) is 6.54 Å². The lowest BCUT2D eigenvalue weighted by Crippen LogP contribution is -2.58. The van der Waals surface area contributed by atoms with Crippen LogP contribution in [0.15, 0.2) is 24.7 Å². The topological polar surface area (TPSA) is 45.2 Å². The van der Waals surface area contributed by atoms with Crippen molar-refractivity contribution in [2.24, 2.45) is 0 Å². The molecule has 0 bridgehead atoms. The van der Waals surface area contributed by atoms with Crippen molar-refractivity contribution in [2.45, 2.75) is 19.5 Å². The van der Waals surface area contributed by atoms with Crippen LogP contribution >= 0.6 is 0 Å². The maximum Gasteiger partial charge on any atom is 0.148 e. The summed E-state index contributed by atoms with van der Waals surface area (Å²) in [6.45, 7) is 3.91. The Hall–Kier alpha value is -2.15. The van der Waals surface area contributed by atoms with Gasteiger partial charge in [0.2, 0.25) is 0 Å². The second-order valence-corrected chi connectivity index (χ2v) is 5.57. The van der Waals surface area contributed by atoms with Gasteiger partial charge in [0.25, 0.3) is 0 Å². The van der Waals surface area contributed by atoms with E-state index in [2.05, 4.69) is 19.9 Å². The van der Waals surface area contributed by atoms with Gasteiger partial charge in [-0.1, -0.05) is 0 Å². The molecule has 0 aliphatic carbocycles. The molecular weight excluding hydrogens is 288 g/mol. The predicted octanol–water partition coefficient (Wildman–Crippen LogP) is 1.78. The van der Waals surface area contributed by atoms with Crippen molar-refractivity contribution in [1.82, 2.24) is 19.9 Å². The Balaban J connectivity index is 1.58. The van der Waals surface area contributed by atoms with Crippen LogP contribution in [0.2, 0.25) is 0 Å². The van der Waals surface area contributed by atoms with E-state index in [4.69, 9.17) is 0 Å². The van der Waals surface area contributed by atoms with Crippen LogP contribution < -0.4 is 4.90 Å². The van der Waals surface area contributed by atoms with Crippen LogP contribution in [0.3, 0.4) is 0 Å². The van der Waals surface area contributed by atoms with E-state index in [1.165, 1.54) is 0 Å². The highest BCUT2D eigenvalue weighted by atomic mass is 19.1. The molecule has 3 rings (SSSR count). The van der Waals surface area contributed by atoms with Crippen molar-refractivity contribution in [3.8, 4) is 0 Å². The second-order valence-electron chi connectivity index (χ2n) is 5.57. The summed E-state index contributed by atoms with van der Waals surface area (Å²) in [6, 6.07) is 3.10. The highest BCUT2D eigenvalue weighted by Crippen LogP contribution is 2.22. The molecule has 0 aromatic carbocycles. The van der Waals surface area contributed by atoms with Crippen LogP contribution in [-0.4, -0.2) is 46.0 Å². The minimum Gasteiger partial charge on any atom is -0.353 e. The summed E-state index contributed by atoms with van der Waals surface area (Å²) in [6.07, 6.45) is 2.60. The summed E-state index contributed by atoms with van der Waals surface area (Å²) < 4.78 is 26.5. The molecule has 0 unspecified atom stereocenters. The summed E-state index contributed by atoms with van der Waals surface area (Å²) >= 11 is 0. The monoisotopic (exact) mass is 305 g/mol. The highest BCUT2D eigenvalue weighted by Gasteiger charge is 2.31. The molecule has 1 fully saturated rings. The lowest BCUT2D eigenvalue weighted by Gasteiger charge is -2.44. The van der Waals surface area contributed by atoms with E-state index in [1.54, 1.807) is 6.33 Å². The van der Waals surface area contributed by atoms with Crippen molar-refractivity contribution in [1.29, 1.82) is 0 Å². The van der Waals surface area contributed by atoms with Crippen molar-refractivity contribution in [2.75, 3.05) is 25.0 Å². The van der Waals surface area contributed by atoms with Gasteiger partial charge in [0.15, 0.2) is 0 Å². The first-order valence-corrected chi connectivity index (χ1v) is 7.06. The zero-order chi connectivity index (χ0) is 15.7. The standard InChI is InChI=1S/C15H17F2N5/c1-10-3-15(20-9-19-10)22-6-12(7-22)21(2)8-14-13(17)4-11(16)5-18-14/h3-5,9,12H,6-8H2,1-2H3. The second kappa shape index (κ2) is 5.92. The molecule has 0 spiro atoms. The third-order valence-electron chi connectivity index (χ3n) is 3.88. The van der Waals surface area contributed by atoms with Gasteiger partial charge in [0.05, 0.1) is 11.9 Å². The molecule has 0 radical (unpaired) electrons. The van der Waals surface area contributed by atoms with Gasteiger partial charge >= 0.3 is 0 Å². The average molecular weight is 305 g/mol. The number of anilines is 1. The first-order chi connectivity index (χ1) is 10.5. The summed E-state index contributed by atoms with van der Waals surface area (Å²) in [4.78, 5) is 16.3. The SMILES string of the molecule is Cc1cc(N2CC(N(C)Cc3ncc(F)cc3F)C2)ncn1. The predicted molar refractivity (Wildman–Crippen MR) is 78.4 cm³/mol. The van der Waals surface area contributed by atoms with Gasteiger partial charge in [-0.05, 0) is 14.0 Å². The molecule has 116 valence electrons. The number of aryl methyl sites for hydroxylation is 1. The maximum atomic E-state index is 13.6. The first-order valence-electron chi connectivity index (χ1n) is 7.06. The number of hydrogen-bond donors (Lipinski definition) is 0. The highest BCUT2D eigenvalue weighted by molar-refractivity contribution is 5.42. The summed E-state index contributed by atoms with van der Waals surface area (Å²) in [5, 5.41) is 0. The molecule has 1 aliphatic rings. The largest absolute Gasteiger partial charge is 0.353 e. The number of hydrogen-bond acceptors (Lipinski definition) is 5. The molecule has 1 saturated heterocycles. The fourth-order valence-electron chi connectivity index (χ4n) is 2.46. The summed E-state index contributed by atoms with van der Waals surface area (Å²) in [5.41, 5.74) is 1.19. The van der Waals surface area contributed by atoms with Crippen LogP contribution in [0.5, 0.6) is 0 Å². The maximum absolute atomic E-state index is 13.6. The van der Waals surface area contributed by atoms with Gasteiger partial charge in [-0.15, -0.1) is 0 Å². The Labute approximate surface area is 127 Å². The van der Waals surface area contributed by atoms with Gasteiger partial charge in [-0.25, -0.2) is 18.7 Å². The fraction of sp³-hybridized carbons (Fsp3) is 0.400. The van der Waals surface area contributed by atoms with Crippen molar-refractivity contribution < 1.29 is 8.78 Å². The van der Waals surface area contributed by atoms with E-state index in [9.17, 15) is 8.78 Å². The summed E-state index contributed by atoms with van der Waals surface area (Å²) in [7, 11) is 1.91. The molecule has 3 heterocycles. The Morgan fingerprint density at radius 2 is 2.00 bits per heavy atom. The molecule has 22 heavy (non-hydrogen) atoms. The molecule has 1 aliphatic heterocycles. The van der Waals surface area contributed by atoms with Crippen molar-refractivity contribution in [3.63, 3.8) is 0 Å². The molecule has 0 N–H and O–H groups in total. The lowest BCUT2D eigenvalue weighted by atomic mass is 10.1. The Morgan fingerprint density at radius 1 is 1.23 bits per heavy atom. The van der Waals surface area contributed by atoms with E-state index < -0.39 is 11.6 Å². The third kappa shape index (κ3) is 3.04. The minimum absolute atomic E-state index is 0.264. The smallest absolute Gasteiger partial charge is 0.148 e. The quantitative estimate of drug-likeness (QED) is 0.861. The van der Waals surface area contributed by atoms with Gasteiger partial charge in [0, 0.05) is 43.5 Å². The number of nitrogens with zero attached hydrogens (tertiary/aromatic N) is 5. The van der Waals surface area contributed by atoms with Crippen LogP contribution in [0.4, 0.5) is 14.6 Å². The van der Waals surface area contributed by atoms with Crippen LogP contribution in [0, 0.1) is 18.6 Å². The number of aromatic nitrogens is 3. The molecule has 0 atom stereocenters. The number of halogens is 2. The number of likely N-dealkylation sites (N-methyl/N-ethyl adjacent to an activating group) is 1. The normalized spacial score (nSPS) is 15.2. The average Bonchev–Trinajstić information content (AvgIpc) is 2.40. The molecular formula is C15H17F2N5. The van der Waals surface area contributed by atoms with Gasteiger partial charge < -0.3 is 4.90 Å².